The lowest BCUT2D eigenvalue weighted by atomic mass is 9.68. The Labute approximate surface area is 126 Å². The molecule has 118 valence electrons. The summed E-state index contributed by atoms with van der Waals surface area (Å²) in [6, 6.07) is 0. The van der Waals surface area contributed by atoms with Crippen molar-refractivity contribution in [1.29, 1.82) is 0 Å². The van der Waals surface area contributed by atoms with Crippen LogP contribution in [0.1, 0.15) is 39.5 Å². The number of methoxy groups -OCH3 is 1. The van der Waals surface area contributed by atoms with Gasteiger partial charge in [0.2, 0.25) is 0 Å². The van der Waals surface area contributed by atoms with Gasteiger partial charge in [0.15, 0.2) is 0 Å². The van der Waals surface area contributed by atoms with Gasteiger partial charge >= 0.3 is 5.97 Å². The molecular formula is C17H26O4. The highest BCUT2D eigenvalue weighted by Crippen LogP contribution is 2.37. The van der Waals surface area contributed by atoms with Crippen molar-refractivity contribution in [1.82, 2.24) is 0 Å². The van der Waals surface area contributed by atoms with Crippen molar-refractivity contribution in [2.45, 2.75) is 45.6 Å². The Morgan fingerprint density at radius 1 is 1.52 bits per heavy atom. The second-order valence-corrected chi connectivity index (χ2v) is 5.93. The van der Waals surface area contributed by atoms with Gasteiger partial charge in [-0.2, -0.15) is 0 Å². The van der Waals surface area contributed by atoms with Crippen LogP contribution < -0.4 is 0 Å². The second kappa shape index (κ2) is 8.13. The minimum absolute atomic E-state index is 0.00543. The van der Waals surface area contributed by atoms with Crippen molar-refractivity contribution in [2.75, 3.05) is 7.11 Å². The normalized spacial score (nSPS) is 27.6. The lowest BCUT2D eigenvalue weighted by Crippen LogP contribution is -2.41. The zero-order valence-electron chi connectivity index (χ0n) is 13.2. The molecule has 1 saturated carbocycles. The molecule has 0 unspecified atom stereocenters. The molecule has 0 aromatic rings. The molecule has 0 heterocycles. The molecule has 0 aromatic carbocycles. The van der Waals surface area contributed by atoms with Gasteiger partial charge in [0.05, 0.1) is 19.1 Å². The third-order valence-corrected chi connectivity index (χ3v) is 4.29. The first-order valence-corrected chi connectivity index (χ1v) is 7.50. The Hall–Kier alpha value is -1.42. The van der Waals surface area contributed by atoms with E-state index < -0.39 is 12.1 Å². The first-order valence-electron chi connectivity index (χ1n) is 7.50. The number of hydrogen-bond acceptors (Lipinski definition) is 4. The number of esters is 1. The zero-order valence-corrected chi connectivity index (χ0v) is 13.2. The molecule has 1 aliphatic rings. The summed E-state index contributed by atoms with van der Waals surface area (Å²) in [6.45, 7) is 7.81. The number of allylic oxidation sites excluding steroid dienone is 2. The van der Waals surface area contributed by atoms with Crippen molar-refractivity contribution >= 4 is 11.8 Å². The molecule has 0 saturated heterocycles. The third kappa shape index (κ3) is 4.81. The summed E-state index contributed by atoms with van der Waals surface area (Å²) in [6.07, 6.45) is 5.08. The number of ketones is 1. The minimum Gasteiger partial charge on any atom is -0.466 e. The smallest absolute Gasteiger partial charge is 0.330 e. The van der Waals surface area contributed by atoms with Gasteiger partial charge in [-0.15, -0.1) is 0 Å². The largest absolute Gasteiger partial charge is 0.466 e. The number of aliphatic hydroxyl groups is 1. The fraction of sp³-hybridized carbons (Fsp3) is 0.647. The maximum atomic E-state index is 12.4. The van der Waals surface area contributed by atoms with Crippen LogP contribution in [-0.2, 0) is 14.3 Å². The standard InChI is InChI=1S/C17H26O4/c1-11(2)13-10-9-12(3)17(20)16(13)14(18)7-5-6-8-15(19)21-4/h6,8,12-14,16,18H,1,5,7,9-10H2,2-4H3/b8-6+/t12-,13+,14-,16+/m1/s1. The molecule has 4 heteroatoms. The van der Waals surface area contributed by atoms with Crippen LogP contribution in [0.4, 0.5) is 0 Å². The molecule has 1 N–H and O–H groups in total. The summed E-state index contributed by atoms with van der Waals surface area (Å²) in [5, 5.41) is 10.4. The SMILES string of the molecule is C=C(C)[C@@H]1CC[C@@H](C)C(=O)[C@@H]1[C@H](O)CC/C=C/C(=O)OC. The van der Waals surface area contributed by atoms with Crippen molar-refractivity contribution in [2.24, 2.45) is 17.8 Å². The van der Waals surface area contributed by atoms with E-state index in [4.69, 9.17) is 0 Å². The fourth-order valence-corrected chi connectivity index (χ4v) is 2.98. The summed E-state index contributed by atoms with van der Waals surface area (Å²) < 4.78 is 4.50. The van der Waals surface area contributed by atoms with Crippen LogP contribution in [0.25, 0.3) is 0 Å². The predicted molar refractivity (Wildman–Crippen MR) is 81.6 cm³/mol. The van der Waals surface area contributed by atoms with Crippen LogP contribution in [0, 0.1) is 17.8 Å². The van der Waals surface area contributed by atoms with Crippen LogP contribution in [0.2, 0.25) is 0 Å². The Balaban J connectivity index is 2.65. The van der Waals surface area contributed by atoms with Gasteiger partial charge < -0.3 is 9.84 Å². The highest BCUT2D eigenvalue weighted by atomic mass is 16.5. The van der Waals surface area contributed by atoms with Crippen molar-refractivity contribution in [3.8, 4) is 0 Å². The van der Waals surface area contributed by atoms with Gasteiger partial charge in [-0.05, 0) is 38.5 Å². The maximum absolute atomic E-state index is 12.4. The molecule has 0 amide bonds. The first-order chi connectivity index (χ1) is 9.88. The highest BCUT2D eigenvalue weighted by molar-refractivity contribution is 5.85. The lowest BCUT2D eigenvalue weighted by Gasteiger charge is -2.36. The Kier molecular flexibility index (Phi) is 6.82. The number of hydrogen-bond donors (Lipinski definition) is 1. The lowest BCUT2D eigenvalue weighted by molar-refractivity contribution is -0.136. The molecule has 1 aliphatic carbocycles. The Bertz CT molecular complexity index is 425. The number of Topliss-reactive ketones (excluding diaryl/α,β-unsaturated/α-hetero) is 1. The number of ether oxygens (including phenoxy) is 1. The monoisotopic (exact) mass is 294 g/mol. The molecule has 0 bridgehead atoms. The number of rotatable bonds is 6. The van der Waals surface area contributed by atoms with Crippen LogP contribution in [-0.4, -0.2) is 30.1 Å². The number of carbonyl (C=O) groups excluding carboxylic acids is 2. The first kappa shape index (κ1) is 17.6. The Morgan fingerprint density at radius 2 is 2.19 bits per heavy atom. The topological polar surface area (TPSA) is 63.6 Å². The van der Waals surface area contributed by atoms with E-state index in [9.17, 15) is 14.7 Å². The quantitative estimate of drug-likeness (QED) is 0.465. The van der Waals surface area contributed by atoms with E-state index in [2.05, 4.69) is 11.3 Å². The van der Waals surface area contributed by atoms with E-state index in [1.165, 1.54) is 13.2 Å². The maximum Gasteiger partial charge on any atom is 0.330 e. The molecule has 0 aromatic heterocycles. The third-order valence-electron chi connectivity index (χ3n) is 4.29. The second-order valence-electron chi connectivity index (χ2n) is 5.93. The van der Waals surface area contributed by atoms with E-state index in [1.54, 1.807) is 6.08 Å². The van der Waals surface area contributed by atoms with Gasteiger partial charge in [-0.3, -0.25) is 4.79 Å². The minimum atomic E-state index is -0.691. The van der Waals surface area contributed by atoms with Crippen molar-refractivity contribution in [3.05, 3.63) is 24.3 Å². The Morgan fingerprint density at radius 3 is 2.76 bits per heavy atom. The number of aliphatic hydroxyl groups excluding tert-OH is 1. The molecule has 0 spiro atoms. The van der Waals surface area contributed by atoms with E-state index in [0.29, 0.717) is 12.8 Å². The summed E-state index contributed by atoms with van der Waals surface area (Å²) in [5.74, 6) is -0.567. The molecule has 4 atom stereocenters. The van der Waals surface area contributed by atoms with Crippen LogP contribution >= 0.6 is 0 Å². The van der Waals surface area contributed by atoms with Crippen molar-refractivity contribution < 1.29 is 19.4 Å². The summed E-state index contributed by atoms with van der Waals surface area (Å²) in [7, 11) is 1.32. The molecule has 0 aliphatic heterocycles. The van der Waals surface area contributed by atoms with E-state index in [1.807, 2.05) is 13.8 Å². The fourth-order valence-electron chi connectivity index (χ4n) is 2.98. The molecule has 1 fully saturated rings. The van der Waals surface area contributed by atoms with E-state index in [-0.39, 0.29) is 23.5 Å². The molecular weight excluding hydrogens is 268 g/mol. The number of carbonyl (C=O) groups is 2. The summed E-state index contributed by atoms with van der Waals surface area (Å²) in [5.41, 5.74) is 0.962. The highest BCUT2D eigenvalue weighted by Gasteiger charge is 2.40. The van der Waals surface area contributed by atoms with Gasteiger partial charge in [-0.1, -0.05) is 25.2 Å². The van der Waals surface area contributed by atoms with Gasteiger partial charge in [0.1, 0.15) is 5.78 Å². The average molecular weight is 294 g/mol. The van der Waals surface area contributed by atoms with E-state index >= 15 is 0 Å². The predicted octanol–water partition coefficient (Wildman–Crippen LogP) is 2.66. The summed E-state index contributed by atoms with van der Waals surface area (Å²) >= 11 is 0. The molecule has 0 radical (unpaired) electrons. The van der Waals surface area contributed by atoms with Gasteiger partial charge in [0, 0.05) is 12.0 Å². The van der Waals surface area contributed by atoms with Gasteiger partial charge in [-0.25, -0.2) is 4.79 Å². The van der Waals surface area contributed by atoms with Crippen molar-refractivity contribution in [3.63, 3.8) is 0 Å². The average Bonchev–Trinajstić information content (AvgIpc) is 2.45. The van der Waals surface area contributed by atoms with Crippen LogP contribution in [0.15, 0.2) is 24.3 Å². The van der Waals surface area contributed by atoms with Gasteiger partial charge in [0.25, 0.3) is 0 Å². The molecule has 4 nitrogen and oxygen atoms in total. The van der Waals surface area contributed by atoms with E-state index in [0.717, 1.165) is 18.4 Å². The molecule has 1 rings (SSSR count). The van der Waals surface area contributed by atoms with Crippen LogP contribution in [0.5, 0.6) is 0 Å². The molecule has 21 heavy (non-hydrogen) atoms. The van der Waals surface area contributed by atoms with Crippen LogP contribution in [0.3, 0.4) is 0 Å². The summed E-state index contributed by atoms with van der Waals surface area (Å²) in [4.78, 5) is 23.3. The zero-order chi connectivity index (χ0) is 16.0.